The molecule has 3 unspecified atom stereocenters. The second-order valence-corrected chi connectivity index (χ2v) is 11.5. The van der Waals surface area contributed by atoms with Crippen molar-refractivity contribution in [2.75, 3.05) is 44.2 Å². The standard InChI is InChI=1S/C27H37F3N4O4/c1-18-4-5-20(23(12-18)34-16-21-13-22(34)15-32(21)17-24(35)36)14-33-9-3-6-26(33)7-10-31(11-8-26)25(37)38-19(2)27(28,29)30/h4-5,12,19,21-22H,3,6-11,13-17H2,1-2H3,(H,35,36). The summed E-state index contributed by atoms with van der Waals surface area (Å²) in [5, 5.41) is 9.23. The number of benzene rings is 1. The molecule has 0 radical (unpaired) electrons. The molecule has 8 nitrogen and oxygen atoms in total. The molecule has 1 aromatic carbocycles. The summed E-state index contributed by atoms with van der Waals surface area (Å²) in [6.45, 7) is 7.11. The number of aliphatic carboxylic acids is 1. The lowest BCUT2D eigenvalue weighted by atomic mass is 9.84. The normalized spacial score (nSPS) is 26.3. The first kappa shape index (κ1) is 27.1. The lowest BCUT2D eigenvalue weighted by molar-refractivity contribution is -0.200. The van der Waals surface area contributed by atoms with E-state index in [0.717, 1.165) is 52.4 Å². The zero-order valence-corrected chi connectivity index (χ0v) is 22.0. The number of rotatable bonds is 6. The van der Waals surface area contributed by atoms with E-state index in [-0.39, 0.29) is 18.1 Å². The van der Waals surface area contributed by atoms with Crippen molar-refractivity contribution in [3.8, 4) is 0 Å². The number of carbonyl (C=O) groups is 2. The number of alkyl halides is 3. The second kappa shape index (κ2) is 10.2. The number of hydrogen-bond acceptors (Lipinski definition) is 6. The molecule has 0 saturated carbocycles. The van der Waals surface area contributed by atoms with E-state index in [2.05, 4.69) is 44.6 Å². The summed E-state index contributed by atoms with van der Waals surface area (Å²) in [7, 11) is 0. The summed E-state index contributed by atoms with van der Waals surface area (Å²) in [6.07, 6.45) is -3.12. The lowest BCUT2D eigenvalue weighted by Gasteiger charge is -2.45. The number of piperidine rings is 1. The van der Waals surface area contributed by atoms with Crippen LogP contribution in [-0.2, 0) is 16.1 Å². The quantitative estimate of drug-likeness (QED) is 0.590. The molecule has 210 valence electrons. The minimum Gasteiger partial charge on any atom is -0.480 e. The van der Waals surface area contributed by atoms with Crippen LogP contribution >= 0.6 is 0 Å². The van der Waals surface area contributed by atoms with Crippen molar-refractivity contribution in [1.29, 1.82) is 0 Å². The van der Waals surface area contributed by atoms with Crippen LogP contribution in [0.2, 0.25) is 0 Å². The molecular formula is C27H37F3N4O4. The summed E-state index contributed by atoms with van der Waals surface area (Å²) in [5.41, 5.74) is 3.58. The summed E-state index contributed by atoms with van der Waals surface area (Å²) in [4.78, 5) is 32.0. The number of halogens is 3. The molecule has 4 aliphatic rings. The molecule has 1 aromatic rings. The number of ether oxygens (including phenoxy) is 1. The van der Waals surface area contributed by atoms with Gasteiger partial charge in [-0.1, -0.05) is 12.1 Å². The first-order chi connectivity index (χ1) is 17.9. The maximum atomic E-state index is 12.8. The van der Waals surface area contributed by atoms with Gasteiger partial charge in [-0.2, -0.15) is 13.2 Å². The Labute approximate surface area is 221 Å². The summed E-state index contributed by atoms with van der Waals surface area (Å²) >= 11 is 0. The molecular weight excluding hydrogens is 501 g/mol. The van der Waals surface area contributed by atoms with Gasteiger partial charge in [0.15, 0.2) is 6.10 Å². The average Bonchev–Trinajstić information content (AvgIpc) is 3.54. The van der Waals surface area contributed by atoms with Crippen LogP contribution in [-0.4, -0.2) is 101 Å². The number of carboxylic acids is 1. The highest BCUT2D eigenvalue weighted by Crippen LogP contribution is 2.42. The Balaban J connectivity index is 1.25. The molecule has 0 aliphatic carbocycles. The molecule has 1 spiro atoms. The van der Waals surface area contributed by atoms with Gasteiger partial charge in [0.2, 0.25) is 0 Å². The number of piperazine rings is 1. The Morgan fingerprint density at radius 3 is 2.50 bits per heavy atom. The first-order valence-corrected chi connectivity index (χ1v) is 13.5. The number of likely N-dealkylation sites (tertiary alicyclic amines) is 3. The van der Waals surface area contributed by atoms with Gasteiger partial charge in [-0.15, -0.1) is 0 Å². The number of carbonyl (C=O) groups excluding carboxylic acids is 1. The largest absolute Gasteiger partial charge is 0.480 e. The Kier molecular flexibility index (Phi) is 7.28. The van der Waals surface area contributed by atoms with Crippen molar-refractivity contribution in [2.45, 2.75) is 82.4 Å². The molecule has 1 N–H and O–H groups in total. The van der Waals surface area contributed by atoms with E-state index < -0.39 is 24.3 Å². The number of carboxylic acid groups (broad SMARTS) is 1. The van der Waals surface area contributed by atoms with E-state index in [0.29, 0.717) is 32.0 Å². The maximum Gasteiger partial charge on any atom is 0.425 e. The van der Waals surface area contributed by atoms with Crippen LogP contribution in [0.4, 0.5) is 23.7 Å². The molecule has 4 heterocycles. The van der Waals surface area contributed by atoms with E-state index in [4.69, 9.17) is 0 Å². The molecule has 11 heteroatoms. The Hall–Kier alpha value is -2.53. The maximum absolute atomic E-state index is 12.8. The van der Waals surface area contributed by atoms with Crippen molar-refractivity contribution in [2.24, 2.45) is 0 Å². The van der Waals surface area contributed by atoms with Gasteiger partial charge in [-0.05, 0) is 69.7 Å². The smallest absolute Gasteiger partial charge is 0.425 e. The Morgan fingerprint density at radius 2 is 1.87 bits per heavy atom. The van der Waals surface area contributed by atoms with Crippen LogP contribution in [0.1, 0.15) is 50.2 Å². The Morgan fingerprint density at radius 1 is 1.13 bits per heavy atom. The highest BCUT2D eigenvalue weighted by molar-refractivity contribution is 5.69. The zero-order chi connectivity index (χ0) is 27.2. The minimum absolute atomic E-state index is 0.0725. The van der Waals surface area contributed by atoms with Crippen molar-refractivity contribution in [1.82, 2.24) is 14.7 Å². The van der Waals surface area contributed by atoms with Gasteiger partial charge in [-0.3, -0.25) is 14.6 Å². The molecule has 4 aliphatic heterocycles. The van der Waals surface area contributed by atoms with Gasteiger partial charge in [0.05, 0.1) is 6.54 Å². The molecule has 4 fully saturated rings. The van der Waals surface area contributed by atoms with Gasteiger partial charge in [0.25, 0.3) is 0 Å². The first-order valence-electron chi connectivity index (χ1n) is 13.5. The number of anilines is 1. The number of amides is 1. The second-order valence-electron chi connectivity index (χ2n) is 11.5. The van der Waals surface area contributed by atoms with E-state index in [9.17, 15) is 27.9 Å². The van der Waals surface area contributed by atoms with Crippen LogP contribution in [0.15, 0.2) is 18.2 Å². The molecule has 0 aromatic heterocycles. The topological polar surface area (TPSA) is 76.6 Å². The number of fused-ring (bicyclic) bond motifs is 2. The van der Waals surface area contributed by atoms with E-state index >= 15 is 0 Å². The van der Waals surface area contributed by atoms with Crippen LogP contribution in [0.3, 0.4) is 0 Å². The number of hydrogen-bond donors (Lipinski definition) is 1. The fraction of sp³-hybridized carbons (Fsp3) is 0.704. The van der Waals surface area contributed by atoms with Crippen LogP contribution in [0.25, 0.3) is 0 Å². The van der Waals surface area contributed by atoms with Crippen LogP contribution in [0, 0.1) is 6.92 Å². The van der Waals surface area contributed by atoms with E-state index in [1.54, 1.807) is 0 Å². The molecule has 2 bridgehead atoms. The van der Waals surface area contributed by atoms with Gasteiger partial charge in [0.1, 0.15) is 0 Å². The average molecular weight is 539 g/mol. The highest BCUT2D eigenvalue weighted by atomic mass is 19.4. The number of nitrogens with zero attached hydrogens (tertiary/aromatic N) is 4. The summed E-state index contributed by atoms with van der Waals surface area (Å²) in [6, 6.07) is 7.13. The summed E-state index contributed by atoms with van der Waals surface area (Å²) in [5.74, 6) is -0.783. The third-order valence-corrected chi connectivity index (χ3v) is 9.04. The van der Waals surface area contributed by atoms with Crippen molar-refractivity contribution in [3.63, 3.8) is 0 Å². The molecule has 5 rings (SSSR count). The predicted octanol–water partition coefficient (Wildman–Crippen LogP) is 3.86. The Bertz CT molecular complexity index is 1060. The van der Waals surface area contributed by atoms with Gasteiger partial charge >= 0.3 is 18.2 Å². The third-order valence-electron chi connectivity index (χ3n) is 9.04. The van der Waals surface area contributed by atoms with Gasteiger partial charge < -0.3 is 19.6 Å². The fourth-order valence-electron chi connectivity index (χ4n) is 6.90. The fourth-order valence-corrected chi connectivity index (χ4v) is 6.90. The van der Waals surface area contributed by atoms with Crippen LogP contribution in [0.5, 0.6) is 0 Å². The van der Waals surface area contributed by atoms with Gasteiger partial charge in [0, 0.05) is 56.0 Å². The monoisotopic (exact) mass is 538 g/mol. The minimum atomic E-state index is -4.57. The van der Waals surface area contributed by atoms with Crippen LogP contribution < -0.4 is 4.90 Å². The highest BCUT2D eigenvalue weighted by Gasteiger charge is 2.47. The predicted molar refractivity (Wildman–Crippen MR) is 135 cm³/mol. The molecule has 4 saturated heterocycles. The van der Waals surface area contributed by atoms with E-state index in [1.807, 2.05) is 0 Å². The lowest BCUT2D eigenvalue weighted by Crippen LogP contribution is -2.53. The SMILES string of the molecule is Cc1ccc(CN2CCCC23CCN(C(=O)OC(C)C(F)(F)F)CC3)c(N2CC3CC2CN3CC(=O)O)c1. The zero-order valence-electron chi connectivity index (χ0n) is 22.0. The third kappa shape index (κ3) is 5.32. The number of aryl methyl sites for hydroxylation is 1. The van der Waals surface area contributed by atoms with Crippen molar-refractivity contribution in [3.05, 3.63) is 29.3 Å². The van der Waals surface area contributed by atoms with Crippen molar-refractivity contribution < 1.29 is 32.6 Å². The molecule has 38 heavy (non-hydrogen) atoms. The van der Waals surface area contributed by atoms with Crippen molar-refractivity contribution >= 4 is 17.7 Å². The van der Waals surface area contributed by atoms with E-state index in [1.165, 1.54) is 21.7 Å². The summed E-state index contributed by atoms with van der Waals surface area (Å²) < 4.78 is 43.2. The molecule has 1 amide bonds. The van der Waals surface area contributed by atoms with Gasteiger partial charge in [-0.25, -0.2) is 4.79 Å². The molecule has 3 atom stereocenters.